The molecule has 2 aromatic heterocycles. The van der Waals surface area contributed by atoms with Crippen LogP contribution in [-0.2, 0) is 0 Å². The van der Waals surface area contributed by atoms with Crippen molar-refractivity contribution in [1.29, 1.82) is 0 Å². The van der Waals surface area contributed by atoms with Gasteiger partial charge in [0.15, 0.2) is 5.75 Å². The van der Waals surface area contributed by atoms with Gasteiger partial charge in [-0.2, -0.15) is 0 Å². The SMILES string of the molecule is CC(C)CC(C)(COc1cnc(-c2ccnc3cc(F)cc(F)c23)cc1Cl)NC(=O)O. The van der Waals surface area contributed by atoms with Crippen LogP contribution in [0.1, 0.15) is 27.2 Å². The van der Waals surface area contributed by atoms with Gasteiger partial charge < -0.3 is 15.2 Å². The maximum Gasteiger partial charge on any atom is 0.405 e. The minimum absolute atomic E-state index is 0.0460. The lowest BCUT2D eigenvalue weighted by Gasteiger charge is -2.31. The van der Waals surface area contributed by atoms with E-state index in [9.17, 15) is 13.6 Å². The Morgan fingerprint density at radius 1 is 1.29 bits per heavy atom. The second kappa shape index (κ2) is 9.01. The van der Waals surface area contributed by atoms with Crippen molar-refractivity contribution >= 4 is 28.6 Å². The van der Waals surface area contributed by atoms with Crippen molar-refractivity contribution in [2.45, 2.75) is 32.7 Å². The van der Waals surface area contributed by atoms with Gasteiger partial charge >= 0.3 is 6.09 Å². The summed E-state index contributed by atoms with van der Waals surface area (Å²) in [5, 5.41) is 12.0. The highest BCUT2D eigenvalue weighted by molar-refractivity contribution is 6.32. The summed E-state index contributed by atoms with van der Waals surface area (Å²) in [6.07, 6.45) is 2.24. The third-order valence-corrected chi connectivity index (χ3v) is 4.96. The van der Waals surface area contributed by atoms with Crippen LogP contribution in [0, 0.1) is 17.6 Å². The molecule has 1 amide bonds. The first-order valence-electron chi connectivity index (χ1n) is 9.61. The Labute approximate surface area is 183 Å². The predicted molar refractivity (Wildman–Crippen MR) is 114 cm³/mol. The zero-order valence-electron chi connectivity index (χ0n) is 17.2. The minimum Gasteiger partial charge on any atom is -0.488 e. The molecule has 31 heavy (non-hydrogen) atoms. The van der Waals surface area contributed by atoms with Crippen LogP contribution in [0.15, 0.2) is 36.7 Å². The molecule has 0 aliphatic rings. The molecule has 3 aromatic rings. The van der Waals surface area contributed by atoms with Crippen LogP contribution in [0.3, 0.4) is 0 Å². The third kappa shape index (κ3) is 5.38. The molecule has 0 saturated heterocycles. The van der Waals surface area contributed by atoms with Crippen molar-refractivity contribution in [3.05, 3.63) is 53.3 Å². The van der Waals surface area contributed by atoms with E-state index in [1.165, 1.54) is 18.5 Å². The van der Waals surface area contributed by atoms with Gasteiger partial charge in [0.2, 0.25) is 0 Å². The zero-order valence-corrected chi connectivity index (χ0v) is 18.0. The van der Waals surface area contributed by atoms with E-state index in [2.05, 4.69) is 15.3 Å². The maximum atomic E-state index is 14.4. The summed E-state index contributed by atoms with van der Waals surface area (Å²) in [6.45, 7) is 5.76. The summed E-state index contributed by atoms with van der Waals surface area (Å²) in [5.74, 6) is -0.974. The van der Waals surface area contributed by atoms with Gasteiger partial charge in [-0.25, -0.2) is 13.6 Å². The minimum atomic E-state index is -1.14. The monoisotopic (exact) mass is 449 g/mol. The normalized spacial score (nSPS) is 13.3. The van der Waals surface area contributed by atoms with Gasteiger partial charge in [0.25, 0.3) is 0 Å². The Kier molecular flexibility index (Phi) is 6.59. The molecule has 3 rings (SSSR count). The van der Waals surface area contributed by atoms with Crippen molar-refractivity contribution in [3.8, 4) is 17.0 Å². The number of nitrogens with one attached hydrogen (secondary N) is 1. The van der Waals surface area contributed by atoms with Gasteiger partial charge in [0.05, 0.1) is 28.0 Å². The third-order valence-electron chi connectivity index (χ3n) is 4.67. The molecule has 1 aromatic carbocycles. The molecule has 0 aliphatic heterocycles. The molecular formula is C22H22ClF2N3O3. The van der Waals surface area contributed by atoms with Crippen LogP contribution >= 0.6 is 11.6 Å². The lowest BCUT2D eigenvalue weighted by atomic mass is 9.91. The number of carbonyl (C=O) groups is 1. The van der Waals surface area contributed by atoms with E-state index >= 15 is 0 Å². The number of hydrogen-bond acceptors (Lipinski definition) is 4. The topological polar surface area (TPSA) is 84.3 Å². The quantitative estimate of drug-likeness (QED) is 0.484. The molecule has 1 unspecified atom stereocenters. The lowest BCUT2D eigenvalue weighted by Crippen LogP contribution is -2.50. The van der Waals surface area contributed by atoms with Crippen LogP contribution in [0.5, 0.6) is 5.75 Å². The molecule has 1 atom stereocenters. The number of ether oxygens (including phenoxy) is 1. The van der Waals surface area contributed by atoms with Gasteiger partial charge in [0, 0.05) is 29.3 Å². The van der Waals surface area contributed by atoms with Crippen LogP contribution in [0.2, 0.25) is 5.02 Å². The van der Waals surface area contributed by atoms with Crippen LogP contribution in [0.25, 0.3) is 22.2 Å². The predicted octanol–water partition coefficient (Wildman–Crippen LogP) is 5.68. The molecule has 0 fully saturated rings. The van der Waals surface area contributed by atoms with Gasteiger partial charge in [-0.3, -0.25) is 9.97 Å². The molecule has 0 bridgehead atoms. The molecule has 0 spiro atoms. The Hall–Kier alpha value is -3.00. The van der Waals surface area contributed by atoms with Gasteiger partial charge in [0.1, 0.15) is 18.2 Å². The summed E-state index contributed by atoms with van der Waals surface area (Å²) in [4.78, 5) is 19.5. The number of benzene rings is 1. The second-order valence-electron chi connectivity index (χ2n) is 8.02. The Balaban J connectivity index is 1.89. The van der Waals surface area contributed by atoms with Crippen LogP contribution in [-0.4, -0.2) is 33.3 Å². The highest BCUT2D eigenvalue weighted by Crippen LogP contribution is 2.33. The Morgan fingerprint density at radius 2 is 2.03 bits per heavy atom. The first kappa shape index (κ1) is 22.7. The highest BCUT2D eigenvalue weighted by Gasteiger charge is 2.29. The van der Waals surface area contributed by atoms with Crippen molar-refractivity contribution in [1.82, 2.24) is 15.3 Å². The molecular weight excluding hydrogens is 428 g/mol. The summed E-state index contributed by atoms with van der Waals surface area (Å²) >= 11 is 6.36. The number of amides is 1. The number of halogens is 3. The van der Waals surface area contributed by atoms with E-state index < -0.39 is 23.3 Å². The van der Waals surface area contributed by atoms with Crippen molar-refractivity contribution < 1.29 is 23.4 Å². The van der Waals surface area contributed by atoms with E-state index in [0.29, 0.717) is 17.7 Å². The average Bonchev–Trinajstić information content (AvgIpc) is 2.65. The van der Waals surface area contributed by atoms with Crippen molar-refractivity contribution in [2.75, 3.05) is 6.61 Å². The Morgan fingerprint density at radius 3 is 2.68 bits per heavy atom. The number of fused-ring (bicyclic) bond motifs is 1. The fourth-order valence-electron chi connectivity index (χ4n) is 3.63. The van der Waals surface area contributed by atoms with Gasteiger partial charge in [-0.05, 0) is 31.4 Å². The summed E-state index contributed by atoms with van der Waals surface area (Å²) in [7, 11) is 0. The second-order valence-corrected chi connectivity index (χ2v) is 8.42. The molecule has 6 nitrogen and oxygen atoms in total. The molecule has 0 radical (unpaired) electrons. The average molecular weight is 450 g/mol. The maximum absolute atomic E-state index is 14.4. The zero-order chi connectivity index (χ0) is 22.8. The molecule has 2 N–H and O–H groups in total. The smallest absolute Gasteiger partial charge is 0.405 e. The van der Waals surface area contributed by atoms with E-state index in [-0.39, 0.29) is 34.2 Å². The van der Waals surface area contributed by atoms with Crippen molar-refractivity contribution in [2.24, 2.45) is 5.92 Å². The number of aromatic nitrogens is 2. The number of pyridine rings is 2. The Bertz CT molecular complexity index is 1130. The molecule has 2 heterocycles. The summed E-state index contributed by atoms with van der Waals surface area (Å²) in [6, 6.07) is 5.02. The molecule has 9 heteroatoms. The standard InChI is InChI=1S/C22H22ClF2N3O3/c1-12(2)9-22(3,28-21(29)30)11-31-19-10-27-17(8-15(19)23)14-4-5-26-18-7-13(24)6-16(25)20(14)18/h4-8,10,12,28H,9,11H2,1-3H3,(H,29,30). The van der Waals surface area contributed by atoms with E-state index in [1.54, 1.807) is 13.0 Å². The number of carboxylic acid groups (broad SMARTS) is 1. The van der Waals surface area contributed by atoms with E-state index in [1.807, 2.05) is 13.8 Å². The number of hydrogen-bond donors (Lipinski definition) is 2. The summed E-state index contributed by atoms with van der Waals surface area (Å²) < 4.78 is 33.7. The van der Waals surface area contributed by atoms with Crippen LogP contribution in [0.4, 0.5) is 13.6 Å². The fourth-order valence-corrected chi connectivity index (χ4v) is 3.84. The first-order valence-corrected chi connectivity index (χ1v) is 9.99. The molecule has 0 aliphatic carbocycles. The fraction of sp³-hybridized carbons (Fsp3) is 0.318. The largest absolute Gasteiger partial charge is 0.488 e. The van der Waals surface area contributed by atoms with Crippen LogP contribution < -0.4 is 10.1 Å². The van der Waals surface area contributed by atoms with Gasteiger partial charge in [-0.15, -0.1) is 0 Å². The van der Waals surface area contributed by atoms with Crippen molar-refractivity contribution in [3.63, 3.8) is 0 Å². The summed E-state index contributed by atoms with van der Waals surface area (Å²) in [5.41, 5.74) is 0.116. The molecule has 0 saturated carbocycles. The molecule has 164 valence electrons. The number of rotatable bonds is 7. The first-order chi connectivity index (χ1) is 14.6. The highest BCUT2D eigenvalue weighted by atomic mass is 35.5. The van der Waals surface area contributed by atoms with E-state index in [0.717, 1.165) is 12.1 Å². The number of nitrogens with zero attached hydrogens (tertiary/aromatic N) is 2. The lowest BCUT2D eigenvalue weighted by molar-refractivity contribution is 0.143. The van der Waals surface area contributed by atoms with E-state index in [4.69, 9.17) is 21.4 Å². The van der Waals surface area contributed by atoms with Gasteiger partial charge in [-0.1, -0.05) is 25.4 Å².